The topological polar surface area (TPSA) is 0 Å². The highest BCUT2D eigenvalue weighted by molar-refractivity contribution is 8.93. The van der Waals surface area contributed by atoms with Crippen molar-refractivity contribution in [1.29, 1.82) is 0 Å². The van der Waals surface area contributed by atoms with Crippen LogP contribution in [-0.2, 0) is 0 Å². The van der Waals surface area contributed by atoms with E-state index in [0.29, 0.717) is 0 Å². The quantitative estimate of drug-likeness (QED) is 0.477. The second-order valence-electron chi connectivity index (χ2n) is 1.56. The van der Waals surface area contributed by atoms with Crippen LogP contribution in [0.25, 0.3) is 0 Å². The first-order chi connectivity index (χ1) is 3.00. The smallest absolute Gasteiger partial charge is 0.00890 e. The van der Waals surface area contributed by atoms with Crippen LogP contribution >= 0.6 is 17.0 Å². The van der Waals surface area contributed by atoms with Gasteiger partial charge < -0.3 is 0 Å². The molecule has 0 aromatic heterocycles. The standard InChI is InChI=1S/C6H8.BrH/c1-2-4-6-5-3-1;/h1-4H2;1H. The van der Waals surface area contributed by atoms with E-state index < -0.39 is 0 Å². The van der Waals surface area contributed by atoms with Crippen molar-refractivity contribution in [2.24, 2.45) is 0 Å². The fourth-order valence-electron chi connectivity index (χ4n) is 0.604. The summed E-state index contributed by atoms with van der Waals surface area (Å²) in [5, 5.41) is 0. The van der Waals surface area contributed by atoms with E-state index in [-0.39, 0.29) is 17.0 Å². The molecule has 0 aliphatic heterocycles. The van der Waals surface area contributed by atoms with E-state index >= 15 is 0 Å². The zero-order valence-electron chi connectivity index (χ0n) is 4.24. The highest BCUT2D eigenvalue weighted by Crippen LogP contribution is 2.01. The Morgan fingerprint density at radius 1 is 0.857 bits per heavy atom. The maximum Gasteiger partial charge on any atom is 0.00890 e. The zero-order valence-corrected chi connectivity index (χ0v) is 5.95. The molecule has 0 bridgehead atoms. The monoisotopic (exact) mass is 160 g/mol. The second-order valence-corrected chi connectivity index (χ2v) is 1.56. The lowest BCUT2D eigenvalue weighted by atomic mass is 10.1. The van der Waals surface area contributed by atoms with Crippen LogP contribution in [0.1, 0.15) is 25.7 Å². The molecular weight excluding hydrogens is 152 g/mol. The molecule has 0 unspecified atom stereocenters. The van der Waals surface area contributed by atoms with Crippen molar-refractivity contribution >= 4 is 17.0 Å². The summed E-state index contributed by atoms with van der Waals surface area (Å²) < 4.78 is 0. The van der Waals surface area contributed by atoms with Gasteiger partial charge in [0.1, 0.15) is 0 Å². The van der Waals surface area contributed by atoms with Gasteiger partial charge in [0.15, 0.2) is 0 Å². The number of halogens is 1. The van der Waals surface area contributed by atoms with E-state index in [9.17, 15) is 0 Å². The molecule has 0 fully saturated rings. The molecule has 0 aromatic rings. The molecular formula is C6H9Br. The minimum Gasteiger partial charge on any atom is -0.114 e. The van der Waals surface area contributed by atoms with Gasteiger partial charge in [-0.05, 0) is 12.8 Å². The SMILES string of the molecule is Br.C1#CCCCC1. The summed E-state index contributed by atoms with van der Waals surface area (Å²) in [7, 11) is 0. The lowest BCUT2D eigenvalue weighted by molar-refractivity contribution is 0.763. The van der Waals surface area contributed by atoms with Crippen LogP contribution in [0.3, 0.4) is 0 Å². The van der Waals surface area contributed by atoms with Crippen molar-refractivity contribution in [2.75, 3.05) is 0 Å². The van der Waals surface area contributed by atoms with Gasteiger partial charge in [0.25, 0.3) is 0 Å². The van der Waals surface area contributed by atoms with Gasteiger partial charge in [0, 0.05) is 12.8 Å². The van der Waals surface area contributed by atoms with Crippen LogP contribution in [0.15, 0.2) is 0 Å². The minimum absolute atomic E-state index is 0. The maximum atomic E-state index is 3.03. The van der Waals surface area contributed by atoms with E-state index in [1.165, 1.54) is 12.8 Å². The molecule has 0 radical (unpaired) electrons. The third kappa shape index (κ3) is 2.70. The molecule has 0 spiro atoms. The lowest BCUT2D eigenvalue weighted by Crippen LogP contribution is -1.77. The van der Waals surface area contributed by atoms with Crippen LogP contribution in [0.4, 0.5) is 0 Å². The number of rotatable bonds is 0. The summed E-state index contributed by atoms with van der Waals surface area (Å²) in [5.74, 6) is 6.07. The van der Waals surface area contributed by atoms with Gasteiger partial charge in [0.05, 0.1) is 0 Å². The van der Waals surface area contributed by atoms with Crippen molar-refractivity contribution in [3.05, 3.63) is 0 Å². The van der Waals surface area contributed by atoms with Crippen LogP contribution in [-0.4, -0.2) is 0 Å². The molecule has 0 atom stereocenters. The summed E-state index contributed by atoms with van der Waals surface area (Å²) in [6.45, 7) is 0. The molecule has 0 aromatic carbocycles. The highest BCUT2D eigenvalue weighted by atomic mass is 79.9. The Hall–Kier alpha value is 0.0400. The van der Waals surface area contributed by atoms with Gasteiger partial charge in [-0.1, -0.05) is 0 Å². The normalized spacial score (nSPS) is 16.0. The van der Waals surface area contributed by atoms with E-state index in [2.05, 4.69) is 11.8 Å². The summed E-state index contributed by atoms with van der Waals surface area (Å²) in [6.07, 6.45) is 4.93. The largest absolute Gasteiger partial charge is 0.114 e. The molecule has 0 saturated heterocycles. The molecule has 1 rings (SSSR count). The molecule has 0 N–H and O–H groups in total. The Morgan fingerprint density at radius 2 is 1.29 bits per heavy atom. The molecule has 1 aliphatic carbocycles. The van der Waals surface area contributed by atoms with Gasteiger partial charge in [0.2, 0.25) is 0 Å². The van der Waals surface area contributed by atoms with Gasteiger partial charge >= 0.3 is 0 Å². The second kappa shape index (κ2) is 4.21. The third-order valence-corrected chi connectivity index (χ3v) is 0.979. The predicted molar refractivity (Wildman–Crippen MR) is 36.6 cm³/mol. The van der Waals surface area contributed by atoms with Gasteiger partial charge in [-0.2, -0.15) is 0 Å². The summed E-state index contributed by atoms with van der Waals surface area (Å²) in [4.78, 5) is 0. The van der Waals surface area contributed by atoms with E-state index in [4.69, 9.17) is 0 Å². The third-order valence-electron chi connectivity index (χ3n) is 0.979. The van der Waals surface area contributed by atoms with Crippen LogP contribution in [0.2, 0.25) is 0 Å². The molecule has 40 valence electrons. The van der Waals surface area contributed by atoms with Crippen molar-refractivity contribution in [3.8, 4) is 11.8 Å². The maximum absolute atomic E-state index is 3.03. The van der Waals surface area contributed by atoms with Crippen LogP contribution in [0, 0.1) is 11.8 Å². The molecule has 1 aliphatic rings. The number of hydrogen-bond donors (Lipinski definition) is 0. The van der Waals surface area contributed by atoms with E-state index in [1.807, 2.05) is 0 Å². The van der Waals surface area contributed by atoms with Crippen molar-refractivity contribution in [2.45, 2.75) is 25.7 Å². The summed E-state index contributed by atoms with van der Waals surface area (Å²) in [5.41, 5.74) is 0. The average molecular weight is 161 g/mol. The van der Waals surface area contributed by atoms with Gasteiger partial charge in [-0.3, -0.25) is 0 Å². The lowest BCUT2D eigenvalue weighted by Gasteiger charge is -1.92. The minimum atomic E-state index is 0. The molecule has 0 nitrogen and oxygen atoms in total. The van der Waals surface area contributed by atoms with E-state index in [0.717, 1.165) is 12.8 Å². The molecule has 7 heavy (non-hydrogen) atoms. The van der Waals surface area contributed by atoms with E-state index in [1.54, 1.807) is 0 Å². The Balaban J connectivity index is 0.000000360. The Morgan fingerprint density at radius 3 is 1.43 bits per heavy atom. The molecule has 0 amide bonds. The fourth-order valence-corrected chi connectivity index (χ4v) is 0.604. The fraction of sp³-hybridized carbons (Fsp3) is 0.667. The zero-order chi connectivity index (χ0) is 4.24. The number of hydrogen-bond acceptors (Lipinski definition) is 0. The van der Waals surface area contributed by atoms with Crippen molar-refractivity contribution in [1.82, 2.24) is 0 Å². The summed E-state index contributed by atoms with van der Waals surface area (Å²) >= 11 is 0. The Bertz CT molecular complexity index is 76.1. The predicted octanol–water partition coefficient (Wildman–Crippen LogP) is 2.14. The first-order valence-electron chi connectivity index (χ1n) is 2.46. The highest BCUT2D eigenvalue weighted by Gasteiger charge is 1.86. The molecule has 1 heteroatoms. The van der Waals surface area contributed by atoms with Crippen LogP contribution in [0.5, 0.6) is 0 Å². The first-order valence-corrected chi connectivity index (χ1v) is 2.46. The van der Waals surface area contributed by atoms with Crippen molar-refractivity contribution < 1.29 is 0 Å². The molecule has 0 saturated carbocycles. The summed E-state index contributed by atoms with van der Waals surface area (Å²) in [6, 6.07) is 0. The Kier molecular flexibility index (Phi) is 4.23. The Labute approximate surface area is 55.1 Å². The molecule has 0 heterocycles. The van der Waals surface area contributed by atoms with Crippen molar-refractivity contribution in [3.63, 3.8) is 0 Å². The average Bonchev–Trinajstić information content (AvgIpc) is 1.72. The van der Waals surface area contributed by atoms with Crippen LogP contribution < -0.4 is 0 Å². The first kappa shape index (κ1) is 7.04. The van der Waals surface area contributed by atoms with Gasteiger partial charge in [-0.25, -0.2) is 0 Å². The van der Waals surface area contributed by atoms with Gasteiger partial charge in [-0.15, -0.1) is 28.8 Å².